The maximum Gasteiger partial charge on any atom is 0.283 e. The van der Waals surface area contributed by atoms with Gasteiger partial charge in [-0.2, -0.15) is 10.2 Å². The number of pyridine rings is 1. The summed E-state index contributed by atoms with van der Waals surface area (Å²) in [7, 11) is 1.71. The number of aromatic nitrogens is 5. The van der Waals surface area contributed by atoms with Gasteiger partial charge in [0.15, 0.2) is 5.82 Å². The minimum absolute atomic E-state index is 0.328. The number of nitrogens with zero attached hydrogens (tertiary/aromatic N) is 4. The summed E-state index contributed by atoms with van der Waals surface area (Å²) in [5.74, 6) is -1.05. The normalized spacial score (nSPS) is 11.3. The predicted molar refractivity (Wildman–Crippen MR) is 68.9 cm³/mol. The number of rotatable bonds is 3. The van der Waals surface area contributed by atoms with E-state index in [9.17, 15) is 13.2 Å². The summed E-state index contributed by atoms with van der Waals surface area (Å²) in [6.45, 7) is 0. The van der Waals surface area contributed by atoms with Crippen LogP contribution in [0.1, 0.15) is 12.1 Å². The topological polar surface area (TPSA) is 59.4 Å². The van der Waals surface area contributed by atoms with Crippen molar-refractivity contribution in [2.45, 2.75) is 6.43 Å². The summed E-state index contributed by atoms with van der Waals surface area (Å²) in [5, 5.41) is 10.8. The molecule has 8 heteroatoms. The van der Waals surface area contributed by atoms with Crippen LogP contribution in [0.4, 0.5) is 13.2 Å². The highest BCUT2D eigenvalue weighted by Crippen LogP contribution is 2.31. The van der Waals surface area contributed by atoms with Gasteiger partial charge in [-0.1, -0.05) is 0 Å². The molecule has 0 unspecified atom stereocenters. The van der Waals surface area contributed by atoms with Gasteiger partial charge in [-0.25, -0.2) is 13.2 Å². The van der Waals surface area contributed by atoms with Crippen molar-refractivity contribution in [1.82, 2.24) is 25.0 Å². The quantitative estimate of drug-likeness (QED) is 0.807. The molecule has 0 saturated carbocycles. The van der Waals surface area contributed by atoms with Crippen molar-refractivity contribution < 1.29 is 13.2 Å². The van der Waals surface area contributed by atoms with Crippen LogP contribution in [0, 0.1) is 5.82 Å². The van der Waals surface area contributed by atoms with E-state index in [1.807, 2.05) is 0 Å². The molecule has 0 atom stereocenters. The minimum atomic E-state index is -2.95. The van der Waals surface area contributed by atoms with Gasteiger partial charge in [0.05, 0.1) is 6.20 Å². The Morgan fingerprint density at radius 1 is 1.24 bits per heavy atom. The van der Waals surface area contributed by atoms with Gasteiger partial charge in [0.25, 0.3) is 6.43 Å². The molecule has 0 aliphatic carbocycles. The smallest absolute Gasteiger partial charge is 0.283 e. The lowest BCUT2D eigenvalue weighted by Gasteiger charge is -2.04. The summed E-state index contributed by atoms with van der Waals surface area (Å²) in [4.78, 5) is 3.49. The Hall–Kier alpha value is -2.64. The Balaban J connectivity index is 2.11. The van der Waals surface area contributed by atoms with Gasteiger partial charge in [0, 0.05) is 42.3 Å². The zero-order valence-corrected chi connectivity index (χ0v) is 10.9. The molecule has 0 saturated heterocycles. The third-order valence-corrected chi connectivity index (χ3v) is 2.99. The molecule has 3 aromatic rings. The molecule has 3 rings (SSSR count). The second-order valence-electron chi connectivity index (χ2n) is 4.44. The summed E-state index contributed by atoms with van der Waals surface area (Å²) in [5.41, 5.74) is 1.38. The molecule has 21 heavy (non-hydrogen) atoms. The monoisotopic (exact) mass is 293 g/mol. The summed E-state index contributed by atoms with van der Waals surface area (Å²) < 4.78 is 40.3. The van der Waals surface area contributed by atoms with Crippen LogP contribution in [-0.4, -0.2) is 25.0 Å². The average Bonchev–Trinajstić information content (AvgIpc) is 3.06. The van der Waals surface area contributed by atoms with Gasteiger partial charge < -0.3 is 0 Å². The number of alkyl halides is 2. The highest BCUT2D eigenvalue weighted by atomic mass is 19.3. The largest absolute Gasteiger partial charge is 0.285 e. The molecule has 5 nitrogen and oxygen atoms in total. The first-order valence-corrected chi connectivity index (χ1v) is 6.03. The standard InChI is InChI=1S/C13H10F3N5/c1-21-6-9(8-4-18-19-5-8)11(20-21)7-2-10(14)12(13(15)16)17-3-7/h2-6,13H,1H3,(H,18,19). The molecule has 0 aliphatic heterocycles. The minimum Gasteiger partial charge on any atom is -0.285 e. The Morgan fingerprint density at radius 2 is 2.05 bits per heavy atom. The Labute approximate surface area is 117 Å². The number of aromatic amines is 1. The average molecular weight is 293 g/mol. The van der Waals surface area contributed by atoms with Crippen LogP contribution in [0.3, 0.4) is 0 Å². The number of halogens is 3. The van der Waals surface area contributed by atoms with Gasteiger partial charge in [-0.05, 0) is 6.07 Å². The highest BCUT2D eigenvalue weighted by Gasteiger charge is 2.19. The fourth-order valence-electron chi connectivity index (χ4n) is 2.05. The van der Waals surface area contributed by atoms with E-state index in [4.69, 9.17) is 0 Å². The van der Waals surface area contributed by atoms with E-state index in [-0.39, 0.29) is 0 Å². The van der Waals surface area contributed by atoms with Crippen LogP contribution in [0.25, 0.3) is 22.4 Å². The first-order chi connectivity index (χ1) is 10.1. The van der Waals surface area contributed by atoms with Crippen LogP contribution in [0.15, 0.2) is 30.9 Å². The van der Waals surface area contributed by atoms with Crippen LogP contribution in [0.2, 0.25) is 0 Å². The zero-order valence-electron chi connectivity index (χ0n) is 10.9. The zero-order chi connectivity index (χ0) is 15.0. The van der Waals surface area contributed by atoms with Crippen LogP contribution in [-0.2, 0) is 7.05 Å². The third kappa shape index (κ3) is 2.39. The van der Waals surface area contributed by atoms with Crippen molar-refractivity contribution in [2.75, 3.05) is 0 Å². The molecule has 108 valence electrons. The molecule has 0 fully saturated rings. The molecule has 0 amide bonds. The van der Waals surface area contributed by atoms with Gasteiger partial charge in [0.1, 0.15) is 11.4 Å². The predicted octanol–water partition coefficient (Wildman–Crippen LogP) is 2.95. The Bertz CT molecular complexity index is 764. The Morgan fingerprint density at radius 3 is 2.67 bits per heavy atom. The molecule has 1 N–H and O–H groups in total. The number of H-pyrrole nitrogens is 1. The molecule has 0 spiro atoms. The van der Waals surface area contributed by atoms with Crippen molar-refractivity contribution >= 4 is 0 Å². The van der Waals surface area contributed by atoms with E-state index in [0.717, 1.165) is 11.6 Å². The first-order valence-electron chi connectivity index (χ1n) is 6.03. The molecule has 0 aliphatic rings. The molecule has 3 aromatic heterocycles. The molecule has 3 heterocycles. The van der Waals surface area contributed by atoms with E-state index in [0.29, 0.717) is 16.8 Å². The fraction of sp³-hybridized carbons (Fsp3) is 0.154. The van der Waals surface area contributed by atoms with E-state index < -0.39 is 17.9 Å². The van der Waals surface area contributed by atoms with Crippen molar-refractivity contribution in [2.24, 2.45) is 7.05 Å². The SMILES string of the molecule is Cn1cc(-c2cn[nH]c2)c(-c2cnc(C(F)F)c(F)c2)n1. The lowest BCUT2D eigenvalue weighted by Crippen LogP contribution is -1.97. The number of nitrogens with one attached hydrogen (secondary N) is 1. The van der Waals surface area contributed by atoms with Gasteiger partial charge in [-0.3, -0.25) is 14.8 Å². The van der Waals surface area contributed by atoms with Crippen LogP contribution < -0.4 is 0 Å². The van der Waals surface area contributed by atoms with Gasteiger partial charge in [0.2, 0.25) is 0 Å². The van der Waals surface area contributed by atoms with Crippen molar-refractivity contribution in [1.29, 1.82) is 0 Å². The number of hydrogen-bond acceptors (Lipinski definition) is 3. The summed E-state index contributed by atoms with van der Waals surface area (Å²) >= 11 is 0. The lowest BCUT2D eigenvalue weighted by molar-refractivity contribution is 0.140. The molecule has 0 radical (unpaired) electrons. The first kappa shape index (κ1) is 13.3. The van der Waals surface area contributed by atoms with Crippen LogP contribution in [0.5, 0.6) is 0 Å². The van der Waals surface area contributed by atoms with Gasteiger partial charge in [-0.15, -0.1) is 0 Å². The highest BCUT2D eigenvalue weighted by molar-refractivity contribution is 5.79. The van der Waals surface area contributed by atoms with Crippen LogP contribution >= 0.6 is 0 Å². The number of aryl methyl sites for hydroxylation is 1. The van der Waals surface area contributed by atoms with E-state index in [1.165, 1.54) is 6.20 Å². The molecule has 0 bridgehead atoms. The fourth-order valence-corrected chi connectivity index (χ4v) is 2.05. The lowest BCUT2D eigenvalue weighted by atomic mass is 10.1. The van der Waals surface area contributed by atoms with Gasteiger partial charge >= 0.3 is 0 Å². The van der Waals surface area contributed by atoms with E-state index in [1.54, 1.807) is 30.3 Å². The van der Waals surface area contributed by atoms with Crippen molar-refractivity contribution in [3.05, 3.63) is 42.4 Å². The van der Waals surface area contributed by atoms with E-state index in [2.05, 4.69) is 20.3 Å². The number of hydrogen-bond donors (Lipinski definition) is 1. The second kappa shape index (κ2) is 5.04. The second-order valence-corrected chi connectivity index (χ2v) is 4.44. The summed E-state index contributed by atoms with van der Waals surface area (Å²) in [6, 6.07) is 1.01. The van der Waals surface area contributed by atoms with Crippen molar-refractivity contribution in [3.8, 4) is 22.4 Å². The maximum absolute atomic E-state index is 13.7. The molecular weight excluding hydrogens is 283 g/mol. The Kier molecular flexibility index (Phi) is 3.20. The maximum atomic E-state index is 13.7. The van der Waals surface area contributed by atoms with Crippen molar-refractivity contribution in [3.63, 3.8) is 0 Å². The summed E-state index contributed by atoms with van der Waals surface area (Å²) in [6.07, 6.45) is 3.24. The third-order valence-electron chi connectivity index (χ3n) is 2.99. The van der Waals surface area contributed by atoms with E-state index >= 15 is 0 Å². The molecule has 0 aromatic carbocycles. The molecular formula is C13H10F3N5.